The van der Waals surface area contributed by atoms with Crippen LogP contribution in [0.2, 0.25) is 0 Å². The smallest absolute Gasteiger partial charge is 0.343 e. The number of esters is 3. The molecule has 0 aromatic rings. The Morgan fingerprint density at radius 3 is 2.26 bits per heavy atom. The molecule has 0 bridgehead atoms. The molecule has 10 nitrogen and oxygen atoms in total. The minimum atomic E-state index is -2.48. The largest absolute Gasteiger partial charge is 0.456 e. The van der Waals surface area contributed by atoms with Crippen molar-refractivity contribution in [2.75, 3.05) is 0 Å². The number of hydrogen-bond donors (Lipinski definition) is 3. The van der Waals surface area contributed by atoms with Gasteiger partial charge in [0.1, 0.15) is 18.4 Å². The number of aliphatic hydroxyl groups excluding tert-OH is 2. The molecule has 170 valence electrons. The van der Waals surface area contributed by atoms with Crippen molar-refractivity contribution < 1.29 is 53.0 Å². The quantitative estimate of drug-likeness (QED) is 0.302. The van der Waals surface area contributed by atoms with Crippen LogP contribution in [-0.2, 0) is 33.3 Å². The Morgan fingerprint density at radius 1 is 1.00 bits per heavy atom. The Balaban J connectivity index is 1.75. The molecule has 12 atom stereocenters. The van der Waals surface area contributed by atoms with Gasteiger partial charge in [-0.05, 0) is 12.3 Å². The normalized spacial score (nSPS) is 61.0. The second-order valence-electron chi connectivity index (χ2n) is 10.7. The van der Waals surface area contributed by atoms with Gasteiger partial charge in [0.2, 0.25) is 11.9 Å². The van der Waals surface area contributed by atoms with Crippen molar-refractivity contribution in [3.8, 4) is 0 Å². The molecule has 11 heteroatoms. The minimum Gasteiger partial charge on any atom is -0.456 e. The van der Waals surface area contributed by atoms with Crippen LogP contribution >= 0.6 is 0 Å². The number of alkyl halides is 1. The number of carbonyl (C=O) groups excluding carboxylic acids is 3. The minimum absolute atomic E-state index is 0.874. The number of aliphatic hydroxyl groups is 3. The van der Waals surface area contributed by atoms with E-state index in [4.69, 9.17) is 18.9 Å². The van der Waals surface area contributed by atoms with Crippen LogP contribution in [0.1, 0.15) is 27.7 Å². The van der Waals surface area contributed by atoms with Crippen LogP contribution < -0.4 is 0 Å². The number of rotatable bonds is 0. The summed E-state index contributed by atoms with van der Waals surface area (Å²) in [5.74, 6) is -5.65. The van der Waals surface area contributed by atoms with E-state index in [1.807, 2.05) is 0 Å². The van der Waals surface area contributed by atoms with E-state index in [0.717, 1.165) is 0 Å². The molecular weight excluding hydrogens is 418 g/mol. The highest BCUT2D eigenvalue weighted by Gasteiger charge is 3.05. The molecule has 2 spiro atoms. The summed E-state index contributed by atoms with van der Waals surface area (Å²) in [6, 6.07) is 0. The molecule has 4 aliphatic heterocycles. The maximum Gasteiger partial charge on any atom is 0.343 e. The first-order valence-corrected chi connectivity index (χ1v) is 10.3. The maximum atomic E-state index is 16.2. The van der Waals surface area contributed by atoms with Crippen molar-refractivity contribution in [3.05, 3.63) is 0 Å². The molecule has 2 aliphatic carbocycles. The Morgan fingerprint density at radius 2 is 1.65 bits per heavy atom. The predicted octanol–water partition coefficient (Wildman–Crippen LogP) is -1.42. The molecule has 6 fully saturated rings. The van der Waals surface area contributed by atoms with Crippen LogP contribution in [-0.4, -0.2) is 81.3 Å². The van der Waals surface area contributed by atoms with Crippen LogP contribution in [0.3, 0.4) is 0 Å². The van der Waals surface area contributed by atoms with E-state index in [9.17, 15) is 29.7 Å². The van der Waals surface area contributed by atoms with E-state index in [1.165, 1.54) is 6.92 Å². The molecule has 6 rings (SSSR count). The van der Waals surface area contributed by atoms with E-state index in [2.05, 4.69) is 0 Å². The van der Waals surface area contributed by atoms with E-state index in [-0.39, 0.29) is 0 Å². The van der Waals surface area contributed by atoms with Crippen molar-refractivity contribution in [1.29, 1.82) is 0 Å². The molecule has 31 heavy (non-hydrogen) atoms. The predicted molar refractivity (Wildman–Crippen MR) is 92.3 cm³/mol. The third-order valence-electron chi connectivity index (χ3n) is 8.91. The first-order chi connectivity index (χ1) is 14.3. The highest BCUT2D eigenvalue weighted by Crippen LogP contribution is 2.84. The van der Waals surface area contributed by atoms with Gasteiger partial charge in [-0.2, -0.15) is 0 Å². The highest BCUT2D eigenvalue weighted by atomic mass is 18.2. The second-order valence-corrected chi connectivity index (χ2v) is 10.7. The molecule has 4 heterocycles. The monoisotopic (exact) mass is 441 g/mol. The fourth-order valence-corrected chi connectivity index (χ4v) is 8.19. The van der Waals surface area contributed by atoms with Crippen LogP contribution in [0.4, 0.5) is 4.39 Å². The summed E-state index contributed by atoms with van der Waals surface area (Å²) in [7, 11) is 0. The molecular formula is C20H23FO10. The van der Waals surface area contributed by atoms with Crippen LogP contribution in [0, 0.1) is 28.1 Å². The van der Waals surface area contributed by atoms with Crippen LogP contribution in [0.15, 0.2) is 0 Å². The summed E-state index contributed by atoms with van der Waals surface area (Å²) in [5, 5.41) is 34.5. The standard InChI is InChI=1S/C20H23FO10/c1-5-12(24)28-11-8(22)18-10-6(21)7(16(2,3)4)17(18)9(23)13(25)30-15(17)31-20(18,14(26)29-10)19(5,11)27/h5-11,15,22-23,27H,1-4H3/t5-,6-,7+,8+,9+,10?,11?,15?,17?,18-,19+,20?/m1/s1/i21-1. The number of hydrogen-bond acceptors (Lipinski definition) is 10. The molecule has 6 aliphatic rings. The summed E-state index contributed by atoms with van der Waals surface area (Å²) in [6.45, 7) is 6.36. The SMILES string of the molecule is C[C@@H]1C(=O)OC2[C@H](O)[C@]34C5OC(=O)C3(OC3OC(=O)[C@H](O)C34[C@H](C(C)(C)C)[C@H]5[18F])[C@@]21O. The molecule has 0 amide bonds. The van der Waals surface area contributed by atoms with Gasteiger partial charge in [-0.15, -0.1) is 0 Å². The van der Waals surface area contributed by atoms with Gasteiger partial charge < -0.3 is 34.3 Å². The number of fused-ring (bicyclic) bond motifs is 1. The third kappa shape index (κ3) is 1.43. The fourth-order valence-electron chi connectivity index (χ4n) is 8.19. The van der Waals surface area contributed by atoms with Crippen LogP contribution in [0.5, 0.6) is 0 Å². The maximum absolute atomic E-state index is 16.2. The van der Waals surface area contributed by atoms with Gasteiger partial charge >= 0.3 is 17.9 Å². The van der Waals surface area contributed by atoms with Crippen molar-refractivity contribution in [3.63, 3.8) is 0 Å². The third-order valence-corrected chi connectivity index (χ3v) is 8.91. The average molecular weight is 441 g/mol. The average Bonchev–Trinajstić information content (AvgIpc) is 3.35. The van der Waals surface area contributed by atoms with Gasteiger partial charge in [-0.25, -0.2) is 14.0 Å². The number of halogens is 1. The summed E-state index contributed by atoms with van der Waals surface area (Å²) in [6.07, 6.45) is -10.7. The van der Waals surface area contributed by atoms with Crippen molar-refractivity contribution in [2.24, 2.45) is 28.1 Å². The van der Waals surface area contributed by atoms with Gasteiger partial charge in [0, 0.05) is 5.92 Å². The zero-order chi connectivity index (χ0) is 22.7. The zero-order valence-electron chi connectivity index (χ0n) is 17.2. The number of carbonyl (C=O) groups is 3. The molecule has 0 aromatic carbocycles. The zero-order valence-corrected chi connectivity index (χ0v) is 17.2. The van der Waals surface area contributed by atoms with Gasteiger partial charge in [0.05, 0.1) is 16.7 Å². The Bertz CT molecular complexity index is 962. The molecule has 5 unspecified atom stereocenters. The van der Waals surface area contributed by atoms with Crippen LogP contribution in [0.25, 0.3) is 0 Å². The fraction of sp³-hybridized carbons (Fsp3) is 0.850. The van der Waals surface area contributed by atoms with Gasteiger partial charge in [-0.1, -0.05) is 20.8 Å². The Labute approximate surface area is 175 Å². The topological polar surface area (TPSA) is 149 Å². The Hall–Kier alpha value is -1.82. The number of ether oxygens (including phenoxy) is 4. The second kappa shape index (κ2) is 4.90. The van der Waals surface area contributed by atoms with Crippen molar-refractivity contribution in [2.45, 2.75) is 75.8 Å². The lowest BCUT2D eigenvalue weighted by Crippen LogP contribution is -2.67. The summed E-state index contributed by atoms with van der Waals surface area (Å²) < 4.78 is 38.1. The van der Waals surface area contributed by atoms with E-state index >= 15 is 4.39 Å². The summed E-state index contributed by atoms with van der Waals surface area (Å²) in [4.78, 5) is 38.2. The molecule has 2 saturated carbocycles. The molecule has 0 radical (unpaired) electrons. The first-order valence-electron chi connectivity index (χ1n) is 10.3. The lowest BCUT2D eigenvalue weighted by molar-refractivity contribution is -0.240. The Kier molecular flexibility index (Phi) is 3.14. The van der Waals surface area contributed by atoms with Crippen molar-refractivity contribution in [1.82, 2.24) is 0 Å². The lowest BCUT2D eigenvalue weighted by Gasteiger charge is -2.47. The van der Waals surface area contributed by atoms with Gasteiger partial charge in [-0.3, -0.25) is 4.79 Å². The van der Waals surface area contributed by atoms with Gasteiger partial charge in [0.25, 0.3) is 0 Å². The van der Waals surface area contributed by atoms with E-state index < -0.39 is 94.1 Å². The first kappa shape index (κ1) is 19.8. The molecule has 3 N–H and O–H groups in total. The molecule has 4 saturated heterocycles. The summed E-state index contributed by atoms with van der Waals surface area (Å²) in [5.41, 5.74) is -9.91. The lowest BCUT2D eigenvalue weighted by atomic mass is 9.51. The van der Waals surface area contributed by atoms with E-state index in [0.29, 0.717) is 0 Å². The van der Waals surface area contributed by atoms with Crippen molar-refractivity contribution >= 4 is 17.9 Å². The van der Waals surface area contributed by atoms with Gasteiger partial charge in [0.15, 0.2) is 17.8 Å². The highest BCUT2D eigenvalue weighted by molar-refractivity contribution is 5.94. The van der Waals surface area contributed by atoms with E-state index in [1.54, 1.807) is 20.8 Å². The summed E-state index contributed by atoms with van der Waals surface area (Å²) >= 11 is 0. The molecule has 0 aromatic heterocycles.